The minimum Gasteiger partial charge on any atom is -0.497 e. The lowest BCUT2D eigenvalue weighted by Gasteiger charge is -2.31. The van der Waals surface area contributed by atoms with Crippen LogP contribution < -0.4 is 10.1 Å². The highest BCUT2D eigenvalue weighted by molar-refractivity contribution is 5.79. The van der Waals surface area contributed by atoms with Crippen molar-refractivity contribution in [2.75, 3.05) is 14.2 Å². The second-order valence-electron chi connectivity index (χ2n) is 6.14. The molecule has 1 amide bonds. The molecule has 24 heavy (non-hydrogen) atoms. The number of carbonyl (C=O) groups excluding carboxylic acids is 1. The van der Waals surface area contributed by atoms with Crippen molar-refractivity contribution >= 4 is 16.9 Å². The van der Waals surface area contributed by atoms with E-state index in [-0.39, 0.29) is 17.9 Å². The quantitative estimate of drug-likeness (QED) is 0.768. The fraction of sp³-hybridized carbons (Fsp3) is 0.529. The first-order chi connectivity index (χ1) is 11.6. The highest BCUT2D eigenvalue weighted by Gasteiger charge is 2.32. The molecule has 3 N–H and O–H groups in total. The summed E-state index contributed by atoms with van der Waals surface area (Å²) in [4.78, 5) is 20.0. The van der Waals surface area contributed by atoms with Gasteiger partial charge < -0.3 is 24.9 Å². The van der Waals surface area contributed by atoms with Gasteiger partial charge >= 0.3 is 0 Å². The zero-order valence-electron chi connectivity index (χ0n) is 13.9. The average molecular weight is 333 g/mol. The van der Waals surface area contributed by atoms with Crippen LogP contribution in [0.5, 0.6) is 5.75 Å². The van der Waals surface area contributed by atoms with Gasteiger partial charge in [-0.15, -0.1) is 0 Å². The second kappa shape index (κ2) is 7.19. The van der Waals surface area contributed by atoms with Crippen LogP contribution >= 0.6 is 0 Å². The number of rotatable bonds is 5. The van der Waals surface area contributed by atoms with Crippen LogP contribution in [0.15, 0.2) is 18.2 Å². The lowest BCUT2D eigenvalue weighted by Crippen LogP contribution is -2.41. The van der Waals surface area contributed by atoms with Gasteiger partial charge in [-0.3, -0.25) is 4.79 Å². The molecular formula is C17H23N3O4. The summed E-state index contributed by atoms with van der Waals surface area (Å²) >= 11 is 0. The summed E-state index contributed by atoms with van der Waals surface area (Å²) in [6.07, 6.45) is 1.05. The highest BCUT2D eigenvalue weighted by Crippen LogP contribution is 2.26. The van der Waals surface area contributed by atoms with E-state index < -0.39 is 6.10 Å². The zero-order chi connectivity index (χ0) is 17.1. The molecule has 0 unspecified atom stereocenters. The Morgan fingerprint density at radius 3 is 3.00 bits per heavy atom. The number of aliphatic hydroxyl groups excluding tert-OH is 1. The molecule has 0 spiro atoms. The van der Waals surface area contributed by atoms with Crippen LogP contribution in [0.2, 0.25) is 0 Å². The predicted molar refractivity (Wildman–Crippen MR) is 88.6 cm³/mol. The summed E-state index contributed by atoms with van der Waals surface area (Å²) in [6, 6.07) is 5.60. The van der Waals surface area contributed by atoms with E-state index >= 15 is 0 Å². The molecular weight excluding hydrogens is 310 g/mol. The van der Waals surface area contributed by atoms with Crippen molar-refractivity contribution in [2.45, 2.75) is 38.0 Å². The minimum absolute atomic E-state index is 0.0259. The van der Waals surface area contributed by atoms with Gasteiger partial charge in [0, 0.05) is 19.1 Å². The second-order valence-corrected chi connectivity index (χ2v) is 6.14. The van der Waals surface area contributed by atoms with E-state index in [4.69, 9.17) is 9.47 Å². The first kappa shape index (κ1) is 16.7. The summed E-state index contributed by atoms with van der Waals surface area (Å²) in [5.41, 5.74) is 1.71. The molecule has 0 saturated heterocycles. The number of aromatic nitrogens is 2. The van der Waals surface area contributed by atoms with E-state index in [2.05, 4.69) is 15.3 Å². The molecule has 1 aliphatic carbocycles. The molecule has 1 aromatic carbocycles. The summed E-state index contributed by atoms with van der Waals surface area (Å²) < 4.78 is 10.4. The molecule has 0 aliphatic heterocycles. The number of nitrogens with zero attached hydrogens (tertiary/aromatic N) is 1. The Labute approximate surface area is 140 Å². The number of amides is 1. The molecule has 1 aliphatic rings. The fourth-order valence-corrected chi connectivity index (χ4v) is 3.17. The number of aliphatic hydroxyl groups is 1. The molecule has 7 heteroatoms. The largest absolute Gasteiger partial charge is 0.497 e. The minimum atomic E-state index is -0.482. The monoisotopic (exact) mass is 333 g/mol. The topological polar surface area (TPSA) is 96.5 Å². The van der Waals surface area contributed by atoms with Crippen molar-refractivity contribution in [1.82, 2.24) is 15.3 Å². The van der Waals surface area contributed by atoms with Gasteiger partial charge in [-0.1, -0.05) is 0 Å². The molecule has 0 bridgehead atoms. The summed E-state index contributed by atoms with van der Waals surface area (Å²) in [7, 11) is 3.18. The fourth-order valence-electron chi connectivity index (χ4n) is 3.17. The van der Waals surface area contributed by atoms with Crippen molar-refractivity contribution in [2.24, 2.45) is 5.92 Å². The van der Waals surface area contributed by atoms with E-state index in [0.29, 0.717) is 31.6 Å². The van der Waals surface area contributed by atoms with Crippen LogP contribution in [0.1, 0.15) is 25.1 Å². The number of fused-ring (bicyclic) bond motifs is 1. The van der Waals surface area contributed by atoms with Crippen LogP contribution in [0.4, 0.5) is 0 Å². The standard InChI is InChI=1S/C17H23N3O4/c1-23-11-4-5-12-13(8-11)20-16(19-12)9-18-17(22)10-3-6-14(21)15(7-10)24-2/h4-5,8,10,14-15,21H,3,6-7,9H2,1-2H3,(H,18,22)(H,19,20)/t10-,14+,15-/m1/s1. The van der Waals surface area contributed by atoms with Gasteiger partial charge in [0.1, 0.15) is 11.6 Å². The van der Waals surface area contributed by atoms with Crippen LogP contribution in [0.3, 0.4) is 0 Å². The Bertz CT molecular complexity index is 715. The molecule has 3 rings (SSSR count). The number of ether oxygens (including phenoxy) is 2. The average Bonchev–Trinajstić information content (AvgIpc) is 3.01. The maximum Gasteiger partial charge on any atom is 0.223 e. The number of carbonyl (C=O) groups is 1. The number of H-pyrrole nitrogens is 1. The Morgan fingerprint density at radius 1 is 1.42 bits per heavy atom. The van der Waals surface area contributed by atoms with Gasteiger partial charge in [0.2, 0.25) is 5.91 Å². The molecule has 3 atom stereocenters. The van der Waals surface area contributed by atoms with Gasteiger partial charge in [0.25, 0.3) is 0 Å². The number of hydrogen-bond donors (Lipinski definition) is 3. The van der Waals surface area contributed by atoms with Crippen LogP contribution in [0.25, 0.3) is 11.0 Å². The number of nitrogens with one attached hydrogen (secondary N) is 2. The zero-order valence-corrected chi connectivity index (χ0v) is 13.9. The van der Waals surface area contributed by atoms with Crippen molar-refractivity contribution in [3.8, 4) is 5.75 Å². The lowest BCUT2D eigenvalue weighted by molar-refractivity contribution is -0.130. The Morgan fingerprint density at radius 2 is 2.25 bits per heavy atom. The summed E-state index contributed by atoms with van der Waals surface area (Å²) in [5.74, 6) is 1.30. The maximum absolute atomic E-state index is 12.3. The molecule has 1 saturated carbocycles. The molecule has 0 radical (unpaired) electrons. The summed E-state index contributed by atoms with van der Waals surface area (Å²) in [6.45, 7) is 0.340. The first-order valence-corrected chi connectivity index (χ1v) is 8.12. The molecule has 130 valence electrons. The third-order valence-electron chi connectivity index (χ3n) is 4.60. The van der Waals surface area contributed by atoms with Crippen molar-refractivity contribution < 1.29 is 19.4 Å². The normalized spacial score (nSPS) is 24.0. The van der Waals surface area contributed by atoms with Crippen molar-refractivity contribution in [3.05, 3.63) is 24.0 Å². The van der Waals surface area contributed by atoms with Gasteiger partial charge in [-0.2, -0.15) is 0 Å². The predicted octanol–water partition coefficient (Wildman–Crippen LogP) is 1.36. The molecule has 2 aromatic rings. The highest BCUT2D eigenvalue weighted by atomic mass is 16.5. The first-order valence-electron chi connectivity index (χ1n) is 8.12. The number of benzene rings is 1. The van der Waals surface area contributed by atoms with E-state index in [0.717, 1.165) is 16.8 Å². The van der Waals surface area contributed by atoms with E-state index in [1.807, 2.05) is 18.2 Å². The number of aromatic amines is 1. The Hall–Kier alpha value is -2.12. The van der Waals surface area contributed by atoms with Crippen molar-refractivity contribution in [1.29, 1.82) is 0 Å². The van der Waals surface area contributed by atoms with E-state index in [1.54, 1.807) is 14.2 Å². The van der Waals surface area contributed by atoms with Crippen LogP contribution in [0, 0.1) is 5.92 Å². The third kappa shape index (κ3) is 3.52. The SMILES string of the molecule is COc1ccc2nc(CNC(=O)[C@@H]3CC[C@H](O)[C@H](OC)C3)[nH]c2c1. The molecule has 1 fully saturated rings. The van der Waals surface area contributed by atoms with Gasteiger partial charge in [0.15, 0.2) is 0 Å². The Kier molecular flexibility index (Phi) is 5.01. The summed E-state index contributed by atoms with van der Waals surface area (Å²) in [5, 5.41) is 12.7. The van der Waals surface area contributed by atoms with Crippen LogP contribution in [-0.2, 0) is 16.1 Å². The van der Waals surface area contributed by atoms with Gasteiger partial charge in [-0.25, -0.2) is 4.98 Å². The van der Waals surface area contributed by atoms with E-state index in [9.17, 15) is 9.90 Å². The van der Waals surface area contributed by atoms with Crippen molar-refractivity contribution in [3.63, 3.8) is 0 Å². The lowest BCUT2D eigenvalue weighted by atomic mass is 9.84. The van der Waals surface area contributed by atoms with E-state index in [1.165, 1.54) is 0 Å². The number of imidazole rings is 1. The Balaban J connectivity index is 1.60. The third-order valence-corrected chi connectivity index (χ3v) is 4.60. The smallest absolute Gasteiger partial charge is 0.223 e. The van der Waals surface area contributed by atoms with Gasteiger partial charge in [-0.05, 0) is 31.4 Å². The molecule has 1 heterocycles. The molecule has 7 nitrogen and oxygen atoms in total. The van der Waals surface area contributed by atoms with Crippen LogP contribution in [-0.4, -0.2) is 47.4 Å². The maximum atomic E-state index is 12.3. The molecule has 1 aromatic heterocycles. The van der Waals surface area contributed by atoms with Gasteiger partial charge in [0.05, 0.1) is 36.9 Å². The number of hydrogen-bond acceptors (Lipinski definition) is 5. The number of methoxy groups -OCH3 is 2.